The smallest absolute Gasteiger partial charge is 0.136 e. The molecule has 1 aromatic carbocycles. The minimum Gasteiger partial charge on any atom is -0.392 e. The lowest BCUT2D eigenvalue weighted by Crippen LogP contribution is -2.15. The summed E-state index contributed by atoms with van der Waals surface area (Å²) in [7, 11) is 0. The van der Waals surface area contributed by atoms with E-state index in [1.165, 1.54) is 5.56 Å². The van der Waals surface area contributed by atoms with Crippen LogP contribution in [0.1, 0.15) is 18.4 Å². The van der Waals surface area contributed by atoms with Gasteiger partial charge in [-0.15, -0.1) is 0 Å². The maximum Gasteiger partial charge on any atom is 0.136 e. The van der Waals surface area contributed by atoms with Gasteiger partial charge < -0.3 is 5.11 Å². The average Bonchev–Trinajstić information content (AvgIpc) is 2.56. The van der Waals surface area contributed by atoms with E-state index in [2.05, 4.69) is 12.1 Å². The van der Waals surface area contributed by atoms with E-state index in [4.69, 9.17) is 0 Å². The third-order valence-electron chi connectivity index (χ3n) is 2.60. The molecule has 1 aromatic rings. The predicted octanol–water partition coefficient (Wildman–Crippen LogP) is 2.01. The Morgan fingerprint density at radius 3 is 2.60 bits per heavy atom. The summed E-state index contributed by atoms with van der Waals surface area (Å²) >= 11 is 1.68. The van der Waals surface area contributed by atoms with Gasteiger partial charge in [0.1, 0.15) is 5.78 Å². The topological polar surface area (TPSA) is 37.3 Å². The van der Waals surface area contributed by atoms with E-state index >= 15 is 0 Å². The lowest BCUT2D eigenvalue weighted by molar-refractivity contribution is -0.117. The van der Waals surface area contributed by atoms with Gasteiger partial charge in [-0.25, -0.2) is 0 Å². The van der Waals surface area contributed by atoms with Gasteiger partial charge in [-0.1, -0.05) is 30.3 Å². The average molecular weight is 222 g/mol. The van der Waals surface area contributed by atoms with E-state index in [1.807, 2.05) is 18.2 Å². The Bertz CT molecular complexity index is 337. The molecule has 0 spiro atoms. The molecule has 2 nitrogen and oxygen atoms in total. The summed E-state index contributed by atoms with van der Waals surface area (Å²) < 4.78 is 0. The highest BCUT2D eigenvalue weighted by atomic mass is 32.2. The van der Waals surface area contributed by atoms with E-state index < -0.39 is 6.10 Å². The van der Waals surface area contributed by atoms with E-state index in [0.29, 0.717) is 12.8 Å². The molecule has 1 N–H and O–H groups in total. The Balaban J connectivity index is 1.86. The normalized spacial score (nSPS) is 25.8. The zero-order chi connectivity index (χ0) is 10.7. The van der Waals surface area contributed by atoms with E-state index in [9.17, 15) is 9.90 Å². The van der Waals surface area contributed by atoms with Crippen molar-refractivity contribution in [2.24, 2.45) is 0 Å². The number of hydrogen-bond acceptors (Lipinski definition) is 3. The van der Waals surface area contributed by atoms with Gasteiger partial charge >= 0.3 is 0 Å². The molecule has 1 saturated carbocycles. The maximum absolute atomic E-state index is 11.1. The zero-order valence-electron chi connectivity index (χ0n) is 8.43. The monoisotopic (exact) mass is 222 g/mol. The Morgan fingerprint density at radius 2 is 2.00 bits per heavy atom. The highest BCUT2D eigenvalue weighted by molar-refractivity contribution is 7.99. The second kappa shape index (κ2) is 4.81. The molecule has 0 amide bonds. The van der Waals surface area contributed by atoms with Crippen molar-refractivity contribution >= 4 is 17.5 Å². The Morgan fingerprint density at radius 1 is 1.27 bits per heavy atom. The highest BCUT2D eigenvalue weighted by Crippen LogP contribution is 2.30. The molecular weight excluding hydrogens is 208 g/mol. The standard InChI is InChI=1S/C12H14O2S/c13-10-6-11(14)12(7-10)15-8-9-4-2-1-3-5-9/h1-5,11-12,14H,6-8H2/t11-,12+/m1/s1. The highest BCUT2D eigenvalue weighted by Gasteiger charge is 2.31. The summed E-state index contributed by atoms with van der Waals surface area (Å²) in [6.07, 6.45) is 0.428. The number of ketones is 1. The third-order valence-corrected chi connectivity index (χ3v) is 4.01. The Hall–Kier alpha value is -0.800. The van der Waals surface area contributed by atoms with Crippen LogP contribution in [-0.2, 0) is 10.5 Å². The molecule has 0 unspecified atom stereocenters. The molecule has 0 heterocycles. The fourth-order valence-corrected chi connectivity index (χ4v) is 2.98. The van der Waals surface area contributed by atoms with Crippen LogP contribution in [0.2, 0.25) is 0 Å². The number of thioether (sulfide) groups is 1. The van der Waals surface area contributed by atoms with Gasteiger partial charge in [0.25, 0.3) is 0 Å². The quantitative estimate of drug-likeness (QED) is 0.850. The minimum absolute atomic E-state index is 0.0951. The Kier molecular flexibility index (Phi) is 3.44. The van der Waals surface area contributed by atoms with Crippen LogP contribution in [0.15, 0.2) is 30.3 Å². The molecule has 0 aromatic heterocycles. The number of carbonyl (C=O) groups is 1. The molecule has 1 aliphatic rings. The molecule has 1 fully saturated rings. The van der Waals surface area contributed by atoms with Crippen molar-refractivity contribution in [2.75, 3.05) is 0 Å². The van der Waals surface area contributed by atoms with Crippen molar-refractivity contribution in [3.63, 3.8) is 0 Å². The molecule has 2 rings (SSSR count). The van der Waals surface area contributed by atoms with Crippen molar-refractivity contribution in [3.8, 4) is 0 Å². The minimum atomic E-state index is -0.439. The van der Waals surface area contributed by atoms with Crippen LogP contribution in [0, 0.1) is 0 Å². The lowest BCUT2D eigenvalue weighted by atomic mass is 10.2. The van der Waals surface area contributed by atoms with Gasteiger partial charge in [0.05, 0.1) is 6.10 Å². The van der Waals surface area contributed by atoms with Gasteiger partial charge in [-0.05, 0) is 5.56 Å². The molecule has 80 valence electrons. The lowest BCUT2D eigenvalue weighted by Gasteiger charge is -2.12. The van der Waals surface area contributed by atoms with Crippen molar-refractivity contribution in [1.82, 2.24) is 0 Å². The fourth-order valence-electron chi connectivity index (χ4n) is 1.76. The largest absolute Gasteiger partial charge is 0.392 e. The molecule has 15 heavy (non-hydrogen) atoms. The van der Waals surface area contributed by atoms with E-state index in [1.54, 1.807) is 11.8 Å². The second-order valence-electron chi connectivity index (χ2n) is 3.85. The number of benzene rings is 1. The number of Topliss-reactive ketones (excluding diaryl/α,β-unsaturated/α-hetero) is 1. The summed E-state index contributed by atoms with van der Waals surface area (Å²) in [5, 5.41) is 9.69. The van der Waals surface area contributed by atoms with Gasteiger partial charge in [-0.2, -0.15) is 11.8 Å². The van der Waals surface area contributed by atoms with Crippen LogP contribution in [0.4, 0.5) is 0 Å². The van der Waals surface area contributed by atoms with Crippen LogP contribution in [0.5, 0.6) is 0 Å². The molecule has 0 radical (unpaired) electrons. The summed E-state index contributed by atoms with van der Waals surface area (Å²) in [5.74, 6) is 1.06. The van der Waals surface area contributed by atoms with Gasteiger partial charge in [0.15, 0.2) is 0 Å². The molecule has 0 aliphatic heterocycles. The van der Waals surface area contributed by atoms with Crippen LogP contribution in [0.3, 0.4) is 0 Å². The van der Waals surface area contributed by atoms with E-state index in [0.717, 1.165) is 5.75 Å². The van der Waals surface area contributed by atoms with Crippen LogP contribution in [-0.4, -0.2) is 22.2 Å². The second-order valence-corrected chi connectivity index (χ2v) is 5.08. The summed E-state index contributed by atoms with van der Waals surface area (Å²) in [4.78, 5) is 11.1. The molecule has 0 saturated heterocycles. The van der Waals surface area contributed by atoms with Crippen LogP contribution < -0.4 is 0 Å². The molecule has 3 heteroatoms. The predicted molar refractivity (Wildman–Crippen MR) is 61.8 cm³/mol. The van der Waals surface area contributed by atoms with Crippen molar-refractivity contribution in [2.45, 2.75) is 29.9 Å². The molecule has 1 aliphatic carbocycles. The van der Waals surface area contributed by atoms with Gasteiger partial charge in [-0.3, -0.25) is 4.79 Å². The first-order chi connectivity index (χ1) is 7.25. The molecular formula is C12H14O2S. The number of carbonyl (C=O) groups excluding carboxylic acids is 1. The number of aliphatic hydroxyl groups excluding tert-OH is 1. The number of rotatable bonds is 3. The first-order valence-electron chi connectivity index (χ1n) is 5.11. The number of aliphatic hydroxyl groups is 1. The molecule has 2 atom stereocenters. The van der Waals surface area contributed by atoms with Crippen molar-refractivity contribution < 1.29 is 9.90 Å². The summed E-state index contributed by atoms with van der Waals surface area (Å²) in [6, 6.07) is 10.1. The maximum atomic E-state index is 11.1. The van der Waals surface area contributed by atoms with Crippen molar-refractivity contribution in [1.29, 1.82) is 0 Å². The van der Waals surface area contributed by atoms with Gasteiger partial charge in [0.2, 0.25) is 0 Å². The first kappa shape index (κ1) is 10.7. The zero-order valence-corrected chi connectivity index (χ0v) is 9.24. The van der Waals surface area contributed by atoms with Crippen LogP contribution >= 0.6 is 11.8 Å². The summed E-state index contributed by atoms with van der Waals surface area (Å²) in [5.41, 5.74) is 1.24. The number of hydrogen-bond donors (Lipinski definition) is 1. The molecule has 0 bridgehead atoms. The van der Waals surface area contributed by atoms with E-state index in [-0.39, 0.29) is 11.0 Å². The Labute approximate surface area is 93.7 Å². The third kappa shape index (κ3) is 2.83. The summed E-state index contributed by atoms with van der Waals surface area (Å²) in [6.45, 7) is 0. The van der Waals surface area contributed by atoms with Crippen molar-refractivity contribution in [3.05, 3.63) is 35.9 Å². The first-order valence-corrected chi connectivity index (χ1v) is 6.16. The van der Waals surface area contributed by atoms with Crippen LogP contribution in [0.25, 0.3) is 0 Å². The van der Waals surface area contributed by atoms with Gasteiger partial charge in [0, 0.05) is 23.8 Å². The fraction of sp³-hybridized carbons (Fsp3) is 0.417. The SMILES string of the molecule is O=C1C[C@@H](O)[C@@H](SCc2ccccc2)C1.